The molecule has 0 aromatic heterocycles. The van der Waals surface area contributed by atoms with Crippen LogP contribution in [0.5, 0.6) is 34.5 Å². The van der Waals surface area contributed by atoms with Crippen LogP contribution in [-0.2, 0) is 20.7 Å². The van der Waals surface area contributed by atoms with E-state index in [4.69, 9.17) is 37.9 Å². The maximum absolute atomic E-state index is 13.1. The summed E-state index contributed by atoms with van der Waals surface area (Å²) in [7, 11) is 4.52. The van der Waals surface area contributed by atoms with E-state index in [-0.39, 0.29) is 36.8 Å². The lowest BCUT2D eigenvalue weighted by Gasteiger charge is -2.40. The highest BCUT2D eigenvalue weighted by Crippen LogP contribution is 2.56. The largest absolute Gasteiger partial charge is 0.493 e. The minimum Gasteiger partial charge on any atom is -0.493 e. The number of hydrogen-bond acceptors (Lipinski definition) is 13. The highest BCUT2D eigenvalue weighted by molar-refractivity contribution is 5.79. The molecule has 0 spiro atoms. The monoisotopic (exact) mass is 576 g/mol. The van der Waals surface area contributed by atoms with Gasteiger partial charge in [-0.15, -0.1) is 0 Å². The first-order valence-corrected chi connectivity index (χ1v) is 13.2. The molecule has 0 amide bonds. The third kappa shape index (κ3) is 4.39. The molecule has 2 aromatic rings. The Morgan fingerprint density at radius 2 is 1.63 bits per heavy atom. The SMILES string of the molecule is COc1cc([C@@H]2c3cc4c(c(O[C@H]5O[C@@H](CO)[C@H](O)[C@@H](O)[C@@H]5O)c3C[C@@H]3COC(=O)[C@H]32)OCO4)cc(OC)c1OC. The molecule has 2 fully saturated rings. The van der Waals surface area contributed by atoms with E-state index in [1.165, 1.54) is 21.3 Å². The molecule has 13 nitrogen and oxygen atoms in total. The Kier molecular flexibility index (Phi) is 7.24. The molecule has 0 saturated carbocycles. The van der Waals surface area contributed by atoms with Crippen molar-refractivity contribution in [1.82, 2.24) is 0 Å². The number of ether oxygens (including phenoxy) is 8. The summed E-state index contributed by atoms with van der Waals surface area (Å²) in [6.45, 7) is -0.507. The van der Waals surface area contributed by atoms with Crippen LogP contribution >= 0.6 is 0 Å². The molecule has 13 heteroatoms. The van der Waals surface area contributed by atoms with Gasteiger partial charge in [0.05, 0.1) is 40.5 Å². The Hall–Kier alpha value is -3.49. The molecular formula is C28H32O13. The predicted molar refractivity (Wildman–Crippen MR) is 137 cm³/mol. The summed E-state index contributed by atoms with van der Waals surface area (Å²) in [5.41, 5.74) is 2.07. The Labute approximate surface area is 235 Å². The van der Waals surface area contributed by atoms with Crippen molar-refractivity contribution in [1.29, 1.82) is 0 Å². The normalized spacial score (nSPS) is 31.6. The van der Waals surface area contributed by atoms with Crippen LogP contribution < -0.4 is 28.4 Å². The fraction of sp³-hybridized carbons (Fsp3) is 0.536. The summed E-state index contributed by atoms with van der Waals surface area (Å²) in [6, 6.07) is 5.37. The summed E-state index contributed by atoms with van der Waals surface area (Å²) in [6.07, 6.45) is -7.06. The van der Waals surface area contributed by atoms with Gasteiger partial charge < -0.3 is 58.3 Å². The lowest BCUT2D eigenvalue weighted by molar-refractivity contribution is -0.277. The molecule has 1 aliphatic carbocycles. The molecule has 4 aliphatic rings. The summed E-state index contributed by atoms with van der Waals surface area (Å²) in [5.74, 6) is 0.409. The number of cyclic esters (lactones) is 1. The van der Waals surface area contributed by atoms with Crippen LogP contribution in [0.1, 0.15) is 22.6 Å². The summed E-state index contributed by atoms with van der Waals surface area (Å²) >= 11 is 0. The van der Waals surface area contributed by atoms with E-state index in [1.54, 1.807) is 18.2 Å². The van der Waals surface area contributed by atoms with Crippen molar-refractivity contribution >= 4 is 5.97 Å². The summed E-state index contributed by atoms with van der Waals surface area (Å²) < 4.78 is 45.5. The van der Waals surface area contributed by atoms with E-state index < -0.39 is 49.1 Å². The first-order valence-electron chi connectivity index (χ1n) is 13.2. The molecular weight excluding hydrogens is 544 g/mol. The zero-order valence-electron chi connectivity index (χ0n) is 22.6. The number of hydrogen-bond donors (Lipinski definition) is 4. The van der Waals surface area contributed by atoms with Crippen LogP contribution in [0.3, 0.4) is 0 Å². The van der Waals surface area contributed by atoms with Gasteiger partial charge in [0.15, 0.2) is 23.0 Å². The number of fused-ring (bicyclic) bond motifs is 3. The third-order valence-corrected chi connectivity index (χ3v) is 8.27. The Balaban J connectivity index is 1.51. The number of carbonyl (C=O) groups excluding carboxylic acids is 1. The van der Waals surface area contributed by atoms with Crippen LogP contribution in [0.4, 0.5) is 0 Å². The zero-order valence-corrected chi connectivity index (χ0v) is 22.6. The first kappa shape index (κ1) is 27.7. The van der Waals surface area contributed by atoms with E-state index in [9.17, 15) is 25.2 Å². The molecule has 3 heterocycles. The molecule has 2 aromatic carbocycles. The molecule has 41 heavy (non-hydrogen) atoms. The van der Waals surface area contributed by atoms with E-state index in [2.05, 4.69) is 0 Å². The fourth-order valence-electron chi connectivity index (χ4n) is 6.26. The maximum atomic E-state index is 13.1. The lowest BCUT2D eigenvalue weighted by Crippen LogP contribution is -2.60. The second-order valence-corrected chi connectivity index (χ2v) is 10.4. The van der Waals surface area contributed by atoms with Crippen molar-refractivity contribution < 1.29 is 63.1 Å². The van der Waals surface area contributed by atoms with Crippen LogP contribution in [0.2, 0.25) is 0 Å². The smallest absolute Gasteiger partial charge is 0.310 e. The van der Waals surface area contributed by atoms with Crippen molar-refractivity contribution in [2.24, 2.45) is 11.8 Å². The van der Waals surface area contributed by atoms with Gasteiger partial charge in [-0.25, -0.2) is 0 Å². The number of esters is 1. The van der Waals surface area contributed by atoms with Gasteiger partial charge in [0.25, 0.3) is 0 Å². The number of aliphatic hydroxyl groups excluding tert-OH is 4. The fourth-order valence-corrected chi connectivity index (χ4v) is 6.26. The number of aliphatic hydroxyl groups is 4. The molecule has 0 unspecified atom stereocenters. The number of methoxy groups -OCH3 is 3. The standard InChI is InChI=1S/C28H32O13/c1-34-15-5-11(6-16(35-2)25(15)36-3)19-13-7-17-26(39-10-38-17)24(14(13)4-12-9-37-27(33)20(12)19)41-28-23(32)22(31)21(30)18(8-29)40-28/h5-7,12,18-23,28-32H,4,8-10H2,1-3H3/t12-,18+,19-,20-,21+,22-,23+,28-/m1/s1. The number of rotatable bonds is 7. The van der Waals surface area contributed by atoms with Gasteiger partial charge >= 0.3 is 5.97 Å². The molecule has 222 valence electrons. The van der Waals surface area contributed by atoms with Gasteiger partial charge in [-0.1, -0.05) is 0 Å². The van der Waals surface area contributed by atoms with Crippen molar-refractivity contribution in [3.05, 3.63) is 34.9 Å². The molecule has 0 bridgehead atoms. The topological polar surface area (TPSA) is 172 Å². The average Bonchev–Trinajstić information content (AvgIpc) is 3.61. The van der Waals surface area contributed by atoms with Crippen LogP contribution in [-0.4, -0.2) is 98.4 Å². The van der Waals surface area contributed by atoms with Gasteiger partial charge in [-0.2, -0.15) is 0 Å². The minimum absolute atomic E-state index is 0.0903. The molecule has 8 atom stereocenters. The van der Waals surface area contributed by atoms with Crippen LogP contribution in [0.15, 0.2) is 18.2 Å². The first-order chi connectivity index (χ1) is 19.8. The zero-order chi connectivity index (χ0) is 29.0. The Morgan fingerprint density at radius 3 is 2.29 bits per heavy atom. The second-order valence-electron chi connectivity index (χ2n) is 10.4. The summed E-state index contributed by atoms with van der Waals surface area (Å²) in [4.78, 5) is 13.1. The molecule has 0 radical (unpaired) electrons. The lowest BCUT2D eigenvalue weighted by atomic mass is 9.67. The van der Waals surface area contributed by atoms with Crippen molar-refractivity contribution in [2.75, 3.05) is 41.3 Å². The third-order valence-electron chi connectivity index (χ3n) is 8.27. The van der Waals surface area contributed by atoms with E-state index in [0.29, 0.717) is 46.1 Å². The van der Waals surface area contributed by atoms with Gasteiger partial charge in [0.2, 0.25) is 24.6 Å². The van der Waals surface area contributed by atoms with Crippen molar-refractivity contribution in [3.63, 3.8) is 0 Å². The van der Waals surface area contributed by atoms with Crippen LogP contribution in [0, 0.1) is 11.8 Å². The highest BCUT2D eigenvalue weighted by Gasteiger charge is 2.51. The Morgan fingerprint density at radius 1 is 0.902 bits per heavy atom. The summed E-state index contributed by atoms with van der Waals surface area (Å²) in [5, 5.41) is 40.9. The molecule has 4 N–H and O–H groups in total. The minimum atomic E-state index is -1.64. The van der Waals surface area contributed by atoms with E-state index >= 15 is 0 Å². The van der Waals surface area contributed by atoms with Gasteiger partial charge in [0.1, 0.15) is 24.4 Å². The number of carbonyl (C=O) groups is 1. The van der Waals surface area contributed by atoms with E-state index in [0.717, 1.165) is 0 Å². The maximum Gasteiger partial charge on any atom is 0.310 e. The van der Waals surface area contributed by atoms with Crippen LogP contribution in [0.25, 0.3) is 0 Å². The molecule has 6 rings (SSSR count). The highest BCUT2D eigenvalue weighted by atomic mass is 16.7. The molecule has 2 saturated heterocycles. The van der Waals surface area contributed by atoms with Gasteiger partial charge in [-0.3, -0.25) is 4.79 Å². The molecule has 3 aliphatic heterocycles. The Bertz CT molecular complexity index is 1300. The average molecular weight is 577 g/mol. The van der Waals surface area contributed by atoms with Gasteiger partial charge in [-0.05, 0) is 35.7 Å². The number of benzene rings is 2. The predicted octanol–water partition coefficient (Wildman–Crippen LogP) is 0.0970. The van der Waals surface area contributed by atoms with Gasteiger partial charge in [0, 0.05) is 17.4 Å². The quantitative estimate of drug-likeness (QED) is 0.327. The van der Waals surface area contributed by atoms with Crippen molar-refractivity contribution in [2.45, 2.75) is 43.0 Å². The van der Waals surface area contributed by atoms with E-state index in [1.807, 2.05) is 0 Å². The second kappa shape index (κ2) is 10.7. The van der Waals surface area contributed by atoms with Crippen molar-refractivity contribution in [3.8, 4) is 34.5 Å².